The second-order valence-electron chi connectivity index (χ2n) is 9.51. The molecule has 0 spiro atoms. The van der Waals surface area contributed by atoms with Gasteiger partial charge >= 0.3 is 5.97 Å². The van der Waals surface area contributed by atoms with Gasteiger partial charge in [-0.1, -0.05) is 19.0 Å². The molecular formula is C26H30N6O4S2. The van der Waals surface area contributed by atoms with Crippen molar-refractivity contribution in [2.24, 2.45) is 7.05 Å². The van der Waals surface area contributed by atoms with Crippen LogP contribution in [0.2, 0.25) is 0 Å². The van der Waals surface area contributed by atoms with Gasteiger partial charge in [0.15, 0.2) is 17.1 Å². The maximum Gasteiger partial charge on any atom is 0.360 e. The standard InChI is InChI=1S/C26H30N6O4S2/c1-6-35-26(34)18-11-20(36-30-18)19-13-37-24(28-19)16-7-9-32(10-8-16)25(33)17-12-27-23-21(15(4)29-31(23)5)22(17)38-14(2)3/h11-14,16H,6-10H2,1-5H3. The molecule has 5 rings (SSSR count). The highest BCUT2D eigenvalue weighted by Gasteiger charge is 2.30. The number of aryl methyl sites for hydroxylation is 2. The quantitative estimate of drug-likeness (QED) is 0.228. The largest absolute Gasteiger partial charge is 0.461 e. The Morgan fingerprint density at radius 2 is 2.05 bits per heavy atom. The Morgan fingerprint density at radius 3 is 2.76 bits per heavy atom. The first kappa shape index (κ1) is 26.4. The van der Waals surface area contributed by atoms with Crippen molar-refractivity contribution < 1.29 is 18.8 Å². The highest BCUT2D eigenvalue weighted by molar-refractivity contribution is 8.00. The van der Waals surface area contributed by atoms with Crippen LogP contribution in [-0.2, 0) is 11.8 Å². The number of nitrogens with zero attached hydrogens (tertiary/aromatic N) is 6. The van der Waals surface area contributed by atoms with Crippen molar-refractivity contribution in [2.45, 2.75) is 56.6 Å². The van der Waals surface area contributed by atoms with Crippen LogP contribution in [-0.4, -0.2) is 66.6 Å². The van der Waals surface area contributed by atoms with Gasteiger partial charge in [-0.3, -0.25) is 9.48 Å². The number of pyridine rings is 1. The molecule has 1 saturated heterocycles. The number of thioether (sulfide) groups is 1. The molecule has 1 aliphatic rings. The first-order valence-electron chi connectivity index (χ1n) is 12.6. The number of hydrogen-bond acceptors (Lipinski definition) is 10. The zero-order valence-electron chi connectivity index (χ0n) is 22.1. The average molecular weight is 555 g/mol. The number of esters is 1. The van der Waals surface area contributed by atoms with Gasteiger partial charge in [0.2, 0.25) is 0 Å². The third-order valence-electron chi connectivity index (χ3n) is 6.46. The second-order valence-corrected chi connectivity index (χ2v) is 12.0. The van der Waals surface area contributed by atoms with Crippen LogP contribution in [0.25, 0.3) is 22.5 Å². The molecule has 38 heavy (non-hydrogen) atoms. The Labute approximate surface area is 228 Å². The van der Waals surface area contributed by atoms with Gasteiger partial charge in [-0.05, 0) is 26.7 Å². The molecule has 0 saturated carbocycles. The van der Waals surface area contributed by atoms with Crippen molar-refractivity contribution in [3.63, 3.8) is 0 Å². The Bertz CT molecular complexity index is 1480. The van der Waals surface area contributed by atoms with Crippen LogP contribution in [0.15, 0.2) is 27.1 Å². The number of amides is 1. The molecule has 5 heterocycles. The van der Waals surface area contributed by atoms with Gasteiger partial charge in [0, 0.05) is 53.8 Å². The minimum absolute atomic E-state index is 0.0113. The Hall–Kier alpha value is -3.25. The van der Waals surface area contributed by atoms with Crippen molar-refractivity contribution in [1.82, 2.24) is 29.8 Å². The van der Waals surface area contributed by atoms with Gasteiger partial charge in [-0.25, -0.2) is 14.8 Å². The molecule has 200 valence electrons. The summed E-state index contributed by atoms with van der Waals surface area (Å²) in [7, 11) is 1.88. The maximum atomic E-state index is 13.7. The SMILES string of the molecule is CCOC(=O)c1cc(-c2csc(C3CCN(C(=O)c4cnc5c(c(C)nn5C)c4SC(C)C)CC3)n2)on1. The molecule has 0 aromatic carbocycles. The summed E-state index contributed by atoms with van der Waals surface area (Å²) in [5.41, 5.74) is 3.10. The van der Waals surface area contributed by atoms with Crippen molar-refractivity contribution in [3.05, 3.63) is 39.6 Å². The lowest BCUT2D eigenvalue weighted by Gasteiger charge is -2.31. The normalized spacial score (nSPS) is 14.5. The summed E-state index contributed by atoms with van der Waals surface area (Å²) < 4.78 is 12.1. The van der Waals surface area contributed by atoms with E-state index in [-0.39, 0.29) is 24.1 Å². The van der Waals surface area contributed by atoms with E-state index < -0.39 is 5.97 Å². The van der Waals surface area contributed by atoms with E-state index in [1.807, 2.05) is 24.3 Å². The lowest BCUT2D eigenvalue weighted by atomic mass is 9.97. The summed E-state index contributed by atoms with van der Waals surface area (Å²) in [5, 5.41) is 12.5. The summed E-state index contributed by atoms with van der Waals surface area (Å²) in [6.07, 6.45) is 3.34. The molecule has 4 aromatic rings. The molecule has 10 nitrogen and oxygen atoms in total. The second kappa shape index (κ2) is 10.9. The minimum Gasteiger partial charge on any atom is -0.461 e. The van der Waals surface area contributed by atoms with Crippen molar-refractivity contribution in [2.75, 3.05) is 19.7 Å². The monoisotopic (exact) mass is 554 g/mol. The number of rotatable bonds is 7. The number of likely N-dealkylation sites (tertiary alicyclic amines) is 1. The van der Waals surface area contributed by atoms with Gasteiger partial charge in [-0.15, -0.1) is 23.1 Å². The van der Waals surface area contributed by atoms with Crippen molar-refractivity contribution in [3.8, 4) is 11.5 Å². The van der Waals surface area contributed by atoms with E-state index in [2.05, 4.69) is 29.1 Å². The fourth-order valence-electron chi connectivity index (χ4n) is 4.67. The summed E-state index contributed by atoms with van der Waals surface area (Å²) in [4.78, 5) is 37.8. The predicted octanol–water partition coefficient (Wildman–Crippen LogP) is 5.09. The Kier molecular flexibility index (Phi) is 7.53. The molecule has 0 unspecified atom stereocenters. The molecule has 4 aromatic heterocycles. The van der Waals surface area contributed by atoms with Crippen molar-refractivity contribution in [1.29, 1.82) is 0 Å². The molecule has 0 aliphatic carbocycles. The molecule has 1 amide bonds. The third kappa shape index (κ3) is 5.06. The number of thiazole rings is 1. The van der Waals surface area contributed by atoms with Gasteiger partial charge in [0.05, 0.1) is 28.3 Å². The van der Waals surface area contributed by atoms with Gasteiger partial charge in [0.25, 0.3) is 5.91 Å². The van der Waals surface area contributed by atoms with E-state index in [0.717, 1.165) is 39.5 Å². The van der Waals surface area contributed by atoms with Crippen LogP contribution < -0.4 is 0 Å². The van der Waals surface area contributed by atoms with Crippen LogP contribution in [0.1, 0.15) is 71.1 Å². The van der Waals surface area contributed by atoms with E-state index in [1.165, 1.54) is 0 Å². The molecular weight excluding hydrogens is 524 g/mol. The zero-order valence-corrected chi connectivity index (χ0v) is 23.7. The lowest BCUT2D eigenvalue weighted by molar-refractivity contribution is 0.0514. The van der Waals surface area contributed by atoms with Gasteiger partial charge < -0.3 is 14.2 Å². The van der Waals surface area contributed by atoms with Crippen LogP contribution >= 0.6 is 23.1 Å². The number of hydrogen-bond donors (Lipinski definition) is 0. The van der Waals surface area contributed by atoms with Crippen LogP contribution in [0, 0.1) is 6.92 Å². The van der Waals surface area contributed by atoms with Crippen molar-refractivity contribution >= 4 is 46.0 Å². The van der Waals surface area contributed by atoms with E-state index in [4.69, 9.17) is 14.2 Å². The topological polar surface area (TPSA) is 116 Å². The average Bonchev–Trinajstić information content (AvgIpc) is 3.63. The van der Waals surface area contributed by atoms with Gasteiger partial charge in [0.1, 0.15) is 5.69 Å². The molecule has 0 radical (unpaired) electrons. The third-order valence-corrected chi connectivity index (χ3v) is 8.60. The van der Waals surface area contributed by atoms with Crippen LogP contribution in [0.5, 0.6) is 0 Å². The molecule has 0 atom stereocenters. The Balaban J connectivity index is 1.29. The molecule has 0 bridgehead atoms. The van der Waals surface area contributed by atoms with Gasteiger partial charge in [-0.2, -0.15) is 5.10 Å². The number of carbonyl (C=O) groups excluding carboxylic acids is 2. The number of fused-ring (bicyclic) bond motifs is 1. The predicted molar refractivity (Wildman–Crippen MR) is 146 cm³/mol. The first-order valence-corrected chi connectivity index (χ1v) is 14.4. The molecule has 1 aliphatic heterocycles. The summed E-state index contributed by atoms with van der Waals surface area (Å²) in [5.74, 6) is 0.179. The summed E-state index contributed by atoms with van der Waals surface area (Å²) in [6.45, 7) is 9.52. The van der Waals surface area contributed by atoms with E-state index in [9.17, 15) is 9.59 Å². The molecule has 1 fully saturated rings. The highest BCUT2D eigenvalue weighted by atomic mass is 32.2. The molecule has 0 N–H and O–H groups in total. The highest BCUT2D eigenvalue weighted by Crippen LogP contribution is 2.37. The fraction of sp³-hybridized carbons (Fsp3) is 0.462. The zero-order chi connectivity index (χ0) is 27.0. The van der Waals surface area contributed by atoms with E-state index >= 15 is 0 Å². The van der Waals surface area contributed by atoms with Crippen LogP contribution in [0.4, 0.5) is 0 Å². The van der Waals surface area contributed by atoms with E-state index in [1.54, 1.807) is 47.0 Å². The maximum absolute atomic E-state index is 13.7. The summed E-state index contributed by atoms with van der Waals surface area (Å²) in [6, 6.07) is 1.56. The smallest absolute Gasteiger partial charge is 0.360 e. The number of ether oxygens (including phenoxy) is 1. The fourth-order valence-corrected chi connectivity index (χ4v) is 6.75. The van der Waals surface area contributed by atoms with Crippen LogP contribution in [0.3, 0.4) is 0 Å². The summed E-state index contributed by atoms with van der Waals surface area (Å²) >= 11 is 3.24. The number of carbonyl (C=O) groups is 2. The molecule has 12 heteroatoms. The first-order chi connectivity index (χ1) is 18.3. The Morgan fingerprint density at radius 1 is 1.29 bits per heavy atom. The number of aromatic nitrogens is 5. The lowest BCUT2D eigenvalue weighted by Crippen LogP contribution is -2.38. The van der Waals surface area contributed by atoms with E-state index in [0.29, 0.717) is 35.4 Å². The minimum atomic E-state index is -0.516. The number of piperidine rings is 1.